The third-order valence-electron chi connectivity index (χ3n) is 18.2. The van der Waals surface area contributed by atoms with Crippen LogP contribution >= 0.6 is 11.3 Å². The van der Waals surface area contributed by atoms with Crippen LogP contribution in [0.5, 0.6) is 0 Å². The number of aromatic nitrogens is 1. The quantitative estimate of drug-likeness (QED) is 0.160. The van der Waals surface area contributed by atoms with Gasteiger partial charge in [0.2, 0.25) is 0 Å². The Labute approximate surface area is 449 Å². The van der Waals surface area contributed by atoms with Gasteiger partial charge in [-0.3, -0.25) is 0 Å². The Morgan fingerprint density at radius 1 is 0.446 bits per heavy atom. The van der Waals surface area contributed by atoms with Crippen LogP contribution in [-0.4, -0.2) is 11.7 Å². The van der Waals surface area contributed by atoms with Crippen molar-refractivity contribution in [2.24, 2.45) is 17.8 Å². The fraction of sp³-hybridized carbons (Fsp3) is 0.435. The van der Waals surface area contributed by atoms with Crippen LogP contribution in [0.4, 0.5) is 33.4 Å². The van der Waals surface area contributed by atoms with E-state index in [1.165, 1.54) is 122 Å². The number of hydrogen-bond acceptors (Lipinski definition) is 4. The molecule has 4 aliphatic carbocycles. The Kier molecular flexibility index (Phi) is 11.2. The highest BCUT2D eigenvalue weighted by Crippen LogP contribution is 2.62. The molecule has 74 heavy (non-hydrogen) atoms. The summed E-state index contributed by atoms with van der Waals surface area (Å²) in [6.07, 6.45) is 8.21. The third kappa shape index (κ3) is 8.41. The van der Waals surface area contributed by atoms with E-state index in [-0.39, 0.29) is 39.2 Å². The van der Waals surface area contributed by atoms with Gasteiger partial charge in [0.1, 0.15) is 10.0 Å². The molecule has 2 aliphatic heterocycles. The smallest absolute Gasteiger partial charge is 0.276 e. The molecule has 0 radical (unpaired) electrons. The van der Waals surface area contributed by atoms with Crippen molar-refractivity contribution in [3.05, 3.63) is 155 Å². The average molecular weight is 994 g/mol. The molecule has 0 N–H and O–H groups in total. The lowest BCUT2D eigenvalue weighted by Crippen LogP contribution is -2.62. The molecule has 13 rings (SSSR count). The Hall–Kier alpha value is -5.39. The van der Waals surface area contributed by atoms with Gasteiger partial charge < -0.3 is 9.80 Å². The number of rotatable bonds is 5. The SMILES string of the molecule is CC(C)(C)c1ccc(-c2ccc(-c3nc4c(s3)N(c3cc(C(C)(C)C)cc(C(C)(C)C)c3)c3cc(C56CC7CC(CC(C7)C5)C6)cc5c3B4c3cc(C(C)(C)C)ccc3N5c3ccc(C(C)(C)C)cc3)cc2)cc1. The molecule has 4 fully saturated rings. The van der Waals surface area contributed by atoms with E-state index >= 15 is 0 Å². The van der Waals surface area contributed by atoms with Crippen molar-refractivity contribution in [2.45, 2.75) is 175 Å². The molecular weight excluding hydrogens is 914 g/mol. The van der Waals surface area contributed by atoms with Gasteiger partial charge in [0.15, 0.2) is 0 Å². The van der Waals surface area contributed by atoms with Crippen molar-refractivity contribution in [3.63, 3.8) is 0 Å². The first kappa shape index (κ1) is 49.5. The van der Waals surface area contributed by atoms with E-state index in [1.54, 1.807) is 5.56 Å². The van der Waals surface area contributed by atoms with Crippen molar-refractivity contribution >= 4 is 68.0 Å². The van der Waals surface area contributed by atoms with E-state index in [1.807, 2.05) is 11.3 Å². The normalized spacial score (nSPS) is 21.2. The maximum Gasteiger partial charge on any atom is 0.276 e. The lowest BCUT2D eigenvalue weighted by molar-refractivity contribution is -0.00514. The Balaban J connectivity index is 1.14. The van der Waals surface area contributed by atoms with Gasteiger partial charge in [-0.25, -0.2) is 4.98 Å². The Bertz CT molecular complexity index is 3250. The fourth-order valence-electron chi connectivity index (χ4n) is 14.2. The lowest BCUT2D eigenvalue weighted by atomic mass is 9.35. The molecule has 0 saturated heterocycles. The van der Waals surface area contributed by atoms with Crippen LogP contribution in [0.1, 0.15) is 176 Å². The number of hydrogen-bond donors (Lipinski definition) is 0. The second-order valence-corrected chi connectivity index (χ2v) is 29.9. The average Bonchev–Trinajstić information content (AvgIpc) is 3.77. The lowest BCUT2D eigenvalue weighted by Gasteiger charge is -2.57. The molecule has 3 nitrogen and oxygen atoms in total. The van der Waals surface area contributed by atoms with Gasteiger partial charge in [-0.2, -0.15) is 0 Å². The van der Waals surface area contributed by atoms with Gasteiger partial charge in [-0.1, -0.05) is 194 Å². The zero-order valence-corrected chi connectivity index (χ0v) is 48.2. The first-order valence-corrected chi connectivity index (χ1v) is 29.0. The van der Waals surface area contributed by atoms with Crippen LogP contribution in [0, 0.1) is 17.8 Å². The molecule has 0 spiro atoms. The molecule has 6 aliphatic rings. The summed E-state index contributed by atoms with van der Waals surface area (Å²) in [5.74, 6) is 2.49. The first-order valence-electron chi connectivity index (χ1n) is 28.1. The highest BCUT2D eigenvalue weighted by Gasteiger charge is 2.54. The van der Waals surface area contributed by atoms with Crippen molar-refractivity contribution in [3.8, 4) is 21.7 Å². The van der Waals surface area contributed by atoms with Gasteiger partial charge in [-0.05, 0) is 187 Å². The van der Waals surface area contributed by atoms with Gasteiger partial charge in [0.25, 0.3) is 6.71 Å². The minimum absolute atomic E-state index is 0.0397. The summed E-state index contributed by atoms with van der Waals surface area (Å²) in [6, 6.07) is 48.4. The summed E-state index contributed by atoms with van der Waals surface area (Å²) in [5, 5.41) is 2.32. The molecular formula is C69H80BN3S. The molecule has 0 atom stereocenters. The number of nitrogens with zero attached hydrogens (tertiary/aromatic N) is 3. The van der Waals surface area contributed by atoms with E-state index in [9.17, 15) is 0 Å². The zero-order valence-electron chi connectivity index (χ0n) is 47.3. The minimum atomic E-state index is -0.0578. The van der Waals surface area contributed by atoms with E-state index in [0.717, 1.165) is 33.9 Å². The van der Waals surface area contributed by atoms with Crippen LogP contribution in [0.25, 0.3) is 21.7 Å². The molecule has 0 amide bonds. The molecule has 1 aromatic heterocycles. The van der Waals surface area contributed by atoms with Gasteiger partial charge >= 0.3 is 0 Å². The number of anilines is 6. The number of thiazole rings is 1. The van der Waals surface area contributed by atoms with Crippen molar-refractivity contribution in [1.29, 1.82) is 0 Å². The second kappa shape index (κ2) is 16.8. The topological polar surface area (TPSA) is 19.4 Å². The van der Waals surface area contributed by atoms with Crippen molar-refractivity contribution in [1.82, 2.24) is 4.98 Å². The zero-order chi connectivity index (χ0) is 52.2. The Morgan fingerprint density at radius 2 is 0.892 bits per heavy atom. The molecule has 6 aromatic carbocycles. The summed E-state index contributed by atoms with van der Waals surface area (Å²) in [4.78, 5) is 11.4. The monoisotopic (exact) mass is 994 g/mol. The molecule has 3 heterocycles. The van der Waals surface area contributed by atoms with Gasteiger partial charge in [-0.15, -0.1) is 0 Å². The predicted octanol–water partition coefficient (Wildman–Crippen LogP) is 17.5. The highest BCUT2D eigenvalue weighted by atomic mass is 32.1. The van der Waals surface area contributed by atoms with Gasteiger partial charge in [0, 0.05) is 34.0 Å². The fourth-order valence-corrected chi connectivity index (χ4v) is 15.4. The highest BCUT2D eigenvalue weighted by molar-refractivity contribution is 7.22. The Morgan fingerprint density at radius 3 is 1.39 bits per heavy atom. The van der Waals surface area contributed by atoms with E-state index < -0.39 is 0 Å². The van der Waals surface area contributed by atoms with Crippen LogP contribution in [0.15, 0.2) is 121 Å². The number of benzene rings is 6. The van der Waals surface area contributed by atoms with Crippen molar-refractivity contribution < 1.29 is 0 Å². The summed E-state index contributed by atoms with van der Waals surface area (Å²) >= 11 is 1.89. The van der Waals surface area contributed by atoms with Crippen LogP contribution in [0.2, 0.25) is 0 Å². The standard InChI is InChI=1S/C69H80BN3S/c1-64(2,3)48-22-20-46(21-23-48)45-16-18-47(19-17-45)62-71-61-63(74-62)73(55-34-51(67(10,11)12)33-52(35-55)68(13,14)15)59-38-53(69-39-42-30-43(40-69)32-44(31-42)41-69)37-58-60(59)70(61)56-36-50(66(7,8)9)26-29-57(56)72(58)54-27-24-49(25-28-54)65(4,5)6/h16-29,33-38,42-44H,30-32,39-41H2,1-15H3. The molecule has 5 heteroatoms. The summed E-state index contributed by atoms with van der Waals surface area (Å²) in [7, 11) is 0. The summed E-state index contributed by atoms with van der Waals surface area (Å²) in [5.41, 5.74) is 22.5. The predicted molar refractivity (Wildman–Crippen MR) is 320 cm³/mol. The van der Waals surface area contributed by atoms with Gasteiger partial charge in [0.05, 0.1) is 5.59 Å². The third-order valence-corrected chi connectivity index (χ3v) is 19.3. The van der Waals surface area contributed by atoms with E-state index in [2.05, 4.69) is 235 Å². The molecule has 4 saturated carbocycles. The summed E-state index contributed by atoms with van der Waals surface area (Å²) < 4.78 is 0. The van der Waals surface area contributed by atoms with E-state index in [4.69, 9.17) is 4.98 Å². The van der Waals surface area contributed by atoms with Crippen LogP contribution in [0.3, 0.4) is 0 Å². The molecule has 7 aromatic rings. The van der Waals surface area contributed by atoms with Crippen molar-refractivity contribution in [2.75, 3.05) is 9.80 Å². The maximum absolute atomic E-state index is 5.97. The summed E-state index contributed by atoms with van der Waals surface area (Å²) in [6.45, 7) is 35.2. The minimum Gasteiger partial charge on any atom is -0.311 e. The van der Waals surface area contributed by atoms with Crippen LogP contribution < -0.4 is 26.3 Å². The molecule has 4 bridgehead atoms. The molecule has 0 unspecified atom stereocenters. The number of fused-ring (bicyclic) bond motifs is 4. The van der Waals surface area contributed by atoms with E-state index in [0.29, 0.717) is 0 Å². The first-order chi connectivity index (χ1) is 34.7. The largest absolute Gasteiger partial charge is 0.311 e. The maximum atomic E-state index is 5.97. The second-order valence-electron chi connectivity index (χ2n) is 28.9. The van der Waals surface area contributed by atoms with Crippen LogP contribution in [-0.2, 0) is 32.5 Å². The molecule has 380 valence electrons.